The number of carbonyl (C=O) groups is 2. The summed E-state index contributed by atoms with van der Waals surface area (Å²) in [6.07, 6.45) is 3.22. The molecule has 0 saturated carbocycles. The van der Waals surface area contributed by atoms with Gasteiger partial charge in [0.2, 0.25) is 0 Å². The molecule has 10 heteroatoms. The van der Waals surface area contributed by atoms with Crippen molar-refractivity contribution in [3.05, 3.63) is 75.2 Å². The van der Waals surface area contributed by atoms with Gasteiger partial charge in [0, 0.05) is 43.7 Å². The molecule has 0 radical (unpaired) electrons. The van der Waals surface area contributed by atoms with Crippen molar-refractivity contribution < 1.29 is 29.3 Å². The Balaban J connectivity index is 1.30. The van der Waals surface area contributed by atoms with Crippen molar-refractivity contribution in [2.45, 2.75) is 57.6 Å². The number of hydrogen-bond donors (Lipinski definition) is 3. The van der Waals surface area contributed by atoms with Crippen LogP contribution in [0, 0.1) is 0 Å². The largest absolute Gasteiger partial charge is 0.507 e. The number of fused-ring (bicyclic) bond motifs is 2. The highest BCUT2D eigenvalue weighted by atomic mass is 32.1. The minimum atomic E-state index is -0.951. The molecule has 2 atom stereocenters. The minimum Gasteiger partial charge on any atom is -0.507 e. The van der Waals surface area contributed by atoms with E-state index in [1.165, 1.54) is 17.4 Å². The standard InChI is InChI=1S/C30H33N3O6S/c1-38-21-10-8-18(9-11-21)14-32-17-24-22(27(30(36)37)28(40-24)31-25-7-2-3-12-39-25)13-20(32)16-33-15-19-5-4-6-23(34)26(19)29(33)35/h4-6,8-11,20,25,31,34H,2-3,7,12-17H2,1H3,(H,36,37). The number of carboxylic acids is 1. The topological polar surface area (TPSA) is 112 Å². The van der Waals surface area contributed by atoms with Gasteiger partial charge in [-0.15, -0.1) is 11.3 Å². The molecule has 9 nitrogen and oxygen atoms in total. The first-order valence-electron chi connectivity index (χ1n) is 13.6. The zero-order chi connectivity index (χ0) is 27.8. The molecule has 40 heavy (non-hydrogen) atoms. The molecule has 210 valence electrons. The highest BCUT2D eigenvalue weighted by Crippen LogP contribution is 2.41. The second-order valence-electron chi connectivity index (χ2n) is 10.6. The fourth-order valence-electron chi connectivity index (χ4n) is 6.00. The average Bonchev–Trinajstić information content (AvgIpc) is 3.46. The molecule has 1 aromatic heterocycles. The van der Waals surface area contributed by atoms with Crippen molar-refractivity contribution >= 4 is 28.2 Å². The Bertz CT molecular complexity index is 1420. The lowest BCUT2D eigenvalue weighted by Gasteiger charge is -2.38. The molecule has 3 aliphatic heterocycles. The lowest BCUT2D eigenvalue weighted by atomic mass is 9.95. The predicted octanol–water partition coefficient (Wildman–Crippen LogP) is 4.68. The zero-order valence-electron chi connectivity index (χ0n) is 22.4. The van der Waals surface area contributed by atoms with E-state index in [0.29, 0.717) is 55.3 Å². The summed E-state index contributed by atoms with van der Waals surface area (Å²) in [5.74, 6) is -0.360. The van der Waals surface area contributed by atoms with E-state index in [1.807, 2.05) is 30.3 Å². The number of anilines is 1. The van der Waals surface area contributed by atoms with Crippen LogP contribution in [0.4, 0.5) is 5.00 Å². The van der Waals surface area contributed by atoms with Crippen LogP contribution in [-0.4, -0.2) is 64.4 Å². The number of carboxylic acid groups (broad SMARTS) is 1. The van der Waals surface area contributed by atoms with Gasteiger partial charge in [0.25, 0.3) is 5.91 Å². The van der Waals surface area contributed by atoms with E-state index in [4.69, 9.17) is 9.47 Å². The molecule has 2 unspecified atom stereocenters. The van der Waals surface area contributed by atoms with Gasteiger partial charge in [-0.05, 0) is 60.6 Å². The second-order valence-corrected chi connectivity index (χ2v) is 11.7. The smallest absolute Gasteiger partial charge is 0.338 e. The Hall–Kier alpha value is -3.60. The first-order valence-corrected chi connectivity index (χ1v) is 14.5. The third-order valence-electron chi connectivity index (χ3n) is 8.05. The fourth-order valence-corrected chi connectivity index (χ4v) is 7.28. The summed E-state index contributed by atoms with van der Waals surface area (Å²) >= 11 is 1.49. The number of nitrogens with one attached hydrogen (secondary N) is 1. The zero-order valence-corrected chi connectivity index (χ0v) is 23.2. The van der Waals surface area contributed by atoms with Crippen molar-refractivity contribution in [2.75, 3.05) is 25.6 Å². The van der Waals surface area contributed by atoms with Crippen LogP contribution in [0.1, 0.15) is 61.5 Å². The number of nitrogens with zero attached hydrogens (tertiary/aromatic N) is 2. The van der Waals surface area contributed by atoms with E-state index in [9.17, 15) is 19.8 Å². The van der Waals surface area contributed by atoms with Gasteiger partial charge in [-0.2, -0.15) is 0 Å². The molecule has 0 aliphatic carbocycles. The maximum atomic E-state index is 13.3. The van der Waals surface area contributed by atoms with Crippen molar-refractivity contribution in [2.24, 2.45) is 0 Å². The third kappa shape index (κ3) is 5.14. The molecule has 1 amide bonds. The van der Waals surface area contributed by atoms with E-state index in [2.05, 4.69) is 10.2 Å². The average molecular weight is 564 g/mol. The Morgan fingerprint density at radius 3 is 2.70 bits per heavy atom. The van der Waals surface area contributed by atoms with E-state index in [0.717, 1.165) is 46.6 Å². The summed E-state index contributed by atoms with van der Waals surface area (Å²) in [6.45, 7) is 2.73. The number of aromatic hydroxyl groups is 1. The molecule has 6 rings (SSSR count). The number of rotatable bonds is 8. The molecule has 3 aromatic rings. The molecule has 0 bridgehead atoms. The highest BCUT2D eigenvalue weighted by molar-refractivity contribution is 7.16. The molecular formula is C30H33N3O6S. The van der Waals surface area contributed by atoms with Crippen molar-refractivity contribution in [3.63, 3.8) is 0 Å². The summed E-state index contributed by atoms with van der Waals surface area (Å²) in [5.41, 5.74) is 3.42. The van der Waals surface area contributed by atoms with Crippen LogP contribution < -0.4 is 10.1 Å². The molecule has 3 aliphatic rings. The lowest BCUT2D eigenvalue weighted by molar-refractivity contribution is 0.0344. The Morgan fingerprint density at radius 1 is 1.18 bits per heavy atom. The Labute approximate surface area is 236 Å². The molecule has 1 saturated heterocycles. The highest BCUT2D eigenvalue weighted by Gasteiger charge is 2.38. The summed E-state index contributed by atoms with van der Waals surface area (Å²) in [4.78, 5) is 30.9. The van der Waals surface area contributed by atoms with Gasteiger partial charge < -0.3 is 29.9 Å². The van der Waals surface area contributed by atoms with Gasteiger partial charge >= 0.3 is 5.97 Å². The van der Waals surface area contributed by atoms with Crippen molar-refractivity contribution in [1.82, 2.24) is 9.80 Å². The van der Waals surface area contributed by atoms with Crippen molar-refractivity contribution in [3.8, 4) is 11.5 Å². The summed E-state index contributed by atoms with van der Waals surface area (Å²) in [6, 6.07) is 13.0. The van der Waals surface area contributed by atoms with Gasteiger partial charge in [0.05, 0.1) is 18.2 Å². The van der Waals surface area contributed by atoms with Crippen LogP contribution in [0.25, 0.3) is 0 Å². The van der Waals surface area contributed by atoms with Crippen LogP contribution in [0.15, 0.2) is 42.5 Å². The number of methoxy groups -OCH3 is 1. The number of aromatic carboxylic acids is 1. The van der Waals surface area contributed by atoms with E-state index < -0.39 is 5.97 Å². The number of thiophene rings is 1. The van der Waals surface area contributed by atoms with Gasteiger partial charge in [0.15, 0.2) is 0 Å². The van der Waals surface area contributed by atoms with Gasteiger partial charge in [-0.3, -0.25) is 9.69 Å². The number of carbonyl (C=O) groups excluding carboxylic acids is 1. The summed E-state index contributed by atoms with van der Waals surface area (Å²) in [7, 11) is 1.64. The van der Waals surface area contributed by atoms with E-state index in [1.54, 1.807) is 18.1 Å². The van der Waals surface area contributed by atoms with Gasteiger partial charge in [-0.25, -0.2) is 4.79 Å². The summed E-state index contributed by atoms with van der Waals surface area (Å²) in [5, 5.41) is 24.6. The molecule has 3 N–H and O–H groups in total. The van der Waals surface area contributed by atoms with E-state index in [-0.39, 0.29) is 23.9 Å². The molecule has 0 spiro atoms. The quantitative estimate of drug-likeness (QED) is 0.362. The van der Waals surface area contributed by atoms with Crippen LogP contribution in [0.5, 0.6) is 11.5 Å². The number of amides is 1. The second kappa shape index (κ2) is 11.1. The normalized spacial score (nSPS) is 20.7. The van der Waals surface area contributed by atoms with Crippen LogP contribution >= 0.6 is 11.3 Å². The monoisotopic (exact) mass is 563 g/mol. The van der Waals surface area contributed by atoms with Gasteiger partial charge in [0.1, 0.15) is 22.7 Å². The van der Waals surface area contributed by atoms with Crippen molar-refractivity contribution in [1.29, 1.82) is 0 Å². The number of benzene rings is 2. The number of ether oxygens (including phenoxy) is 2. The minimum absolute atomic E-state index is 0.00216. The Kier molecular flexibility index (Phi) is 7.39. The SMILES string of the molecule is COc1ccc(CN2Cc3sc(NC4CCCCO4)c(C(=O)O)c3CC2CN2Cc3cccc(O)c3C2=O)cc1. The fraction of sp³-hybridized carbons (Fsp3) is 0.400. The van der Waals surface area contributed by atoms with Crippen LogP contribution in [0.3, 0.4) is 0 Å². The van der Waals surface area contributed by atoms with Crippen LogP contribution in [0.2, 0.25) is 0 Å². The maximum absolute atomic E-state index is 13.3. The van der Waals surface area contributed by atoms with E-state index >= 15 is 0 Å². The first kappa shape index (κ1) is 26.6. The number of phenolic OH excluding ortho intramolecular Hbond substituents is 1. The first-order chi connectivity index (χ1) is 19.4. The van der Waals surface area contributed by atoms with Gasteiger partial charge in [-0.1, -0.05) is 24.3 Å². The molecule has 4 heterocycles. The number of hydrogen-bond acceptors (Lipinski definition) is 8. The summed E-state index contributed by atoms with van der Waals surface area (Å²) < 4.78 is 11.2. The maximum Gasteiger partial charge on any atom is 0.338 e. The lowest BCUT2D eigenvalue weighted by Crippen LogP contribution is -2.47. The van der Waals surface area contributed by atoms with Crippen LogP contribution in [-0.2, 0) is 30.8 Å². The molecule has 2 aromatic carbocycles. The molecule has 1 fully saturated rings. The molecular weight excluding hydrogens is 530 g/mol. The third-order valence-corrected chi connectivity index (χ3v) is 9.19. The predicted molar refractivity (Wildman–Crippen MR) is 151 cm³/mol. The Morgan fingerprint density at radius 2 is 2.00 bits per heavy atom. The number of phenols is 1.